The van der Waals surface area contributed by atoms with Crippen LogP contribution in [0.1, 0.15) is 20.3 Å². The van der Waals surface area contributed by atoms with E-state index in [1.165, 1.54) is 6.92 Å². The Kier molecular flexibility index (Phi) is 7.40. The first-order valence-corrected chi connectivity index (χ1v) is 8.13. The Morgan fingerprint density at radius 2 is 2.04 bits per heavy atom. The highest BCUT2D eigenvalue weighted by molar-refractivity contribution is 7.99. The fourth-order valence-corrected chi connectivity index (χ4v) is 2.53. The van der Waals surface area contributed by atoms with E-state index in [2.05, 4.69) is 11.3 Å². The fourth-order valence-electron chi connectivity index (χ4n) is 1.79. The summed E-state index contributed by atoms with van der Waals surface area (Å²) in [5.74, 6) is -1.37. The maximum atomic E-state index is 12.3. The van der Waals surface area contributed by atoms with Gasteiger partial charge in [0.1, 0.15) is 11.7 Å². The van der Waals surface area contributed by atoms with Gasteiger partial charge in [-0.1, -0.05) is 13.5 Å². The SMILES string of the molecule is C=C(C(=O)O[C@H](C)C[C@H](C)C(=O)OC1CSCCO1)C(F)(F)F. The van der Waals surface area contributed by atoms with Crippen LogP contribution in [0, 0.1) is 5.92 Å². The van der Waals surface area contributed by atoms with Gasteiger partial charge in [-0.3, -0.25) is 4.79 Å². The minimum absolute atomic E-state index is 0.0373. The van der Waals surface area contributed by atoms with Crippen LogP contribution in [0.4, 0.5) is 13.2 Å². The second-order valence-corrected chi connectivity index (χ2v) is 6.29. The Bertz CT molecular complexity index is 446. The highest BCUT2D eigenvalue weighted by Gasteiger charge is 2.38. The molecular weight excluding hydrogens is 337 g/mol. The molecule has 3 atom stereocenters. The monoisotopic (exact) mass is 356 g/mol. The van der Waals surface area contributed by atoms with Gasteiger partial charge >= 0.3 is 18.1 Å². The summed E-state index contributed by atoms with van der Waals surface area (Å²) in [7, 11) is 0. The van der Waals surface area contributed by atoms with Crippen LogP contribution in [0.25, 0.3) is 0 Å². The fraction of sp³-hybridized carbons (Fsp3) is 0.714. The molecule has 23 heavy (non-hydrogen) atoms. The number of hydrogen-bond acceptors (Lipinski definition) is 6. The van der Waals surface area contributed by atoms with Crippen molar-refractivity contribution in [2.45, 2.75) is 38.8 Å². The molecule has 0 N–H and O–H groups in total. The lowest BCUT2D eigenvalue weighted by Gasteiger charge is -2.24. The van der Waals surface area contributed by atoms with Crippen LogP contribution in [0.15, 0.2) is 12.2 Å². The van der Waals surface area contributed by atoms with E-state index in [4.69, 9.17) is 9.47 Å². The van der Waals surface area contributed by atoms with Gasteiger partial charge in [-0.2, -0.15) is 24.9 Å². The Morgan fingerprint density at radius 1 is 1.39 bits per heavy atom. The predicted octanol–water partition coefficient (Wildman–Crippen LogP) is 2.70. The molecule has 0 bridgehead atoms. The molecule has 1 saturated heterocycles. The molecule has 5 nitrogen and oxygen atoms in total. The summed E-state index contributed by atoms with van der Waals surface area (Å²) in [6.45, 7) is 6.10. The van der Waals surface area contributed by atoms with Crippen LogP contribution >= 0.6 is 11.8 Å². The van der Waals surface area contributed by atoms with Gasteiger partial charge in [-0.15, -0.1) is 0 Å². The number of hydrogen-bond donors (Lipinski definition) is 0. The summed E-state index contributed by atoms with van der Waals surface area (Å²) in [5.41, 5.74) is -1.58. The van der Waals surface area contributed by atoms with E-state index in [0.717, 1.165) is 5.75 Å². The zero-order valence-corrected chi connectivity index (χ0v) is 13.7. The number of thioether (sulfide) groups is 1. The molecule has 1 aliphatic rings. The molecule has 1 rings (SSSR count). The number of alkyl halides is 3. The summed E-state index contributed by atoms with van der Waals surface area (Å²) in [5, 5.41) is 0. The first-order chi connectivity index (χ1) is 10.6. The topological polar surface area (TPSA) is 61.8 Å². The van der Waals surface area contributed by atoms with Crippen molar-refractivity contribution < 1.29 is 37.0 Å². The van der Waals surface area contributed by atoms with Crippen molar-refractivity contribution in [3.63, 3.8) is 0 Å². The van der Waals surface area contributed by atoms with Crippen molar-refractivity contribution in [3.8, 4) is 0 Å². The molecule has 1 unspecified atom stereocenters. The van der Waals surface area contributed by atoms with Gasteiger partial charge in [0.05, 0.1) is 18.3 Å². The molecule has 9 heteroatoms. The summed E-state index contributed by atoms with van der Waals surface area (Å²) in [6, 6.07) is 0. The first-order valence-electron chi connectivity index (χ1n) is 6.98. The lowest BCUT2D eigenvalue weighted by Crippen LogP contribution is -2.32. The van der Waals surface area contributed by atoms with E-state index in [1.807, 2.05) is 0 Å². The molecule has 0 spiro atoms. The Morgan fingerprint density at radius 3 is 2.57 bits per heavy atom. The third-order valence-corrected chi connectivity index (χ3v) is 3.98. The zero-order chi connectivity index (χ0) is 17.6. The second kappa shape index (κ2) is 8.58. The highest BCUT2D eigenvalue weighted by Crippen LogP contribution is 2.26. The minimum atomic E-state index is -4.84. The van der Waals surface area contributed by atoms with Gasteiger partial charge in [0.2, 0.25) is 6.29 Å². The third kappa shape index (κ3) is 6.82. The average molecular weight is 356 g/mol. The van der Waals surface area contributed by atoms with Gasteiger partial charge in [0, 0.05) is 5.75 Å². The predicted molar refractivity (Wildman–Crippen MR) is 77.7 cm³/mol. The van der Waals surface area contributed by atoms with E-state index in [0.29, 0.717) is 12.4 Å². The normalized spacial score (nSPS) is 21.2. The Balaban J connectivity index is 2.40. The molecule has 0 aliphatic carbocycles. The maximum Gasteiger partial charge on any atom is 0.422 e. The number of ether oxygens (including phenoxy) is 3. The van der Waals surface area contributed by atoms with Gasteiger partial charge in [-0.05, 0) is 13.3 Å². The number of halogens is 3. The van der Waals surface area contributed by atoms with Gasteiger partial charge in [0.25, 0.3) is 0 Å². The van der Waals surface area contributed by atoms with E-state index in [1.54, 1.807) is 18.7 Å². The van der Waals surface area contributed by atoms with Crippen LogP contribution in [-0.2, 0) is 23.8 Å². The second-order valence-electron chi connectivity index (χ2n) is 5.14. The number of esters is 2. The van der Waals surface area contributed by atoms with E-state index in [9.17, 15) is 22.8 Å². The molecule has 0 aromatic rings. The van der Waals surface area contributed by atoms with Crippen molar-refractivity contribution in [1.82, 2.24) is 0 Å². The van der Waals surface area contributed by atoms with Crippen molar-refractivity contribution >= 4 is 23.7 Å². The van der Waals surface area contributed by atoms with E-state index >= 15 is 0 Å². The lowest BCUT2D eigenvalue weighted by molar-refractivity contribution is -0.179. The van der Waals surface area contributed by atoms with Crippen LogP contribution in [0.5, 0.6) is 0 Å². The van der Waals surface area contributed by atoms with Crippen LogP contribution in [0.2, 0.25) is 0 Å². The van der Waals surface area contributed by atoms with E-state index in [-0.39, 0.29) is 6.42 Å². The molecule has 132 valence electrons. The lowest BCUT2D eigenvalue weighted by atomic mass is 10.0. The average Bonchev–Trinajstić information content (AvgIpc) is 2.46. The van der Waals surface area contributed by atoms with Crippen LogP contribution < -0.4 is 0 Å². The van der Waals surface area contributed by atoms with Gasteiger partial charge < -0.3 is 14.2 Å². The van der Waals surface area contributed by atoms with Crippen molar-refractivity contribution in [2.24, 2.45) is 5.92 Å². The molecule has 1 aliphatic heterocycles. The maximum absolute atomic E-state index is 12.3. The molecule has 1 heterocycles. The summed E-state index contributed by atoms with van der Waals surface area (Å²) < 4.78 is 52.0. The highest BCUT2D eigenvalue weighted by atomic mass is 32.2. The summed E-state index contributed by atoms with van der Waals surface area (Å²) in [4.78, 5) is 23.2. The smallest absolute Gasteiger partial charge is 0.422 e. The molecule has 0 saturated carbocycles. The number of carbonyl (C=O) groups is 2. The van der Waals surface area contributed by atoms with Gasteiger partial charge in [-0.25, -0.2) is 4.79 Å². The number of rotatable bonds is 6. The zero-order valence-electron chi connectivity index (χ0n) is 12.9. The molecule has 0 aromatic carbocycles. The van der Waals surface area contributed by atoms with Crippen molar-refractivity contribution in [1.29, 1.82) is 0 Å². The molecule has 0 amide bonds. The molecule has 0 aromatic heterocycles. The largest absolute Gasteiger partial charge is 0.459 e. The standard InChI is InChI=1S/C14H19F3O5S/c1-8(12(18)22-11-7-23-5-4-20-11)6-9(2)21-13(19)10(3)14(15,16)17/h8-9,11H,3-7H2,1-2H3/t8-,9+,11?/m0/s1. The summed E-state index contributed by atoms with van der Waals surface area (Å²) >= 11 is 1.60. The molecule has 0 radical (unpaired) electrons. The van der Waals surface area contributed by atoms with E-state index < -0.39 is 42.0 Å². The summed E-state index contributed by atoms with van der Waals surface area (Å²) in [6.07, 6.45) is -6.30. The molecule has 1 fully saturated rings. The van der Waals surface area contributed by atoms with Crippen LogP contribution in [0.3, 0.4) is 0 Å². The van der Waals surface area contributed by atoms with Crippen molar-refractivity contribution in [3.05, 3.63) is 12.2 Å². The molecular formula is C14H19F3O5S. The first kappa shape index (κ1) is 19.8. The quantitative estimate of drug-likeness (QED) is 0.539. The minimum Gasteiger partial charge on any atom is -0.459 e. The van der Waals surface area contributed by atoms with Crippen molar-refractivity contribution in [2.75, 3.05) is 18.1 Å². The number of carbonyl (C=O) groups excluding carboxylic acids is 2. The Labute approximate surface area is 136 Å². The third-order valence-electron chi connectivity index (χ3n) is 3.02. The van der Waals surface area contributed by atoms with Gasteiger partial charge in [0.15, 0.2) is 0 Å². The Hall–Kier alpha value is -1.22. The van der Waals surface area contributed by atoms with Crippen LogP contribution in [-0.4, -0.2) is 48.6 Å².